The minimum Gasteiger partial charge on any atom is -0.489 e. The van der Waals surface area contributed by atoms with Crippen LogP contribution in [0.5, 0.6) is 5.75 Å². The summed E-state index contributed by atoms with van der Waals surface area (Å²) in [6, 6.07) is 16.9. The first-order valence-electron chi connectivity index (χ1n) is 13.7. The first-order chi connectivity index (χ1) is 19.0. The Kier molecular flexibility index (Phi) is 9.27. The Balaban J connectivity index is 1.37. The maximum atomic E-state index is 12.6. The van der Waals surface area contributed by atoms with Gasteiger partial charge in [0.1, 0.15) is 18.0 Å². The standard InChI is InChI=1S/C31H39N3O6/c1-20-17-23(25-7-5-6-8-27(25)32-20)19-39-24-11-9-22(10-12-24)28(35)26(29(36)33-38)18-21-13-15-34(16-14-21)30(37)40-31(2,3)4/h5-12,17,21,26,28,35,38H,13-16,18-19H2,1-4H3,(H,33,36). The zero-order valence-corrected chi connectivity index (χ0v) is 23.6. The summed E-state index contributed by atoms with van der Waals surface area (Å²) in [7, 11) is 0. The molecule has 1 aliphatic rings. The summed E-state index contributed by atoms with van der Waals surface area (Å²) in [5.74, 6) is -0.743. The van der Waals surface area contributed by atoms with Gasteiger partial charge < -0.3 is 19.5 Å². The number of nitrogens with one attached hydrogen (secondary N) is 1. The van der Waals surface area contributed by atoms with Gasteiger partial charge in [-0.05, 0) is 82.7 Å². The van der Waals surface area contributed by atoms with Gasteiger partial charge >= 0.3 is 6.09 Å². The lowest BCUT2D eigenvalue weighted by Gasteiger charge is -2.35. The molecule has 9 nitrogen and oxygen atoms in total. The zero-order chi connectivity index (χ0) is 28.9. The second-order valence-electron chi connectivity index (χ2n) is 11.5. The Morgan fingerprint density at radius 3 is 2.42 bits per heavy atom. The van der Waals surface area contributed by atoms with Crippen molar-refractivity contribution in [3.05, 3.63) is 71.4 Å². The molecule has 2 amide bonds. The summed E-state index contributed by atoms with van der Waals surface area (Å²) in [4.78, 5) is 31.2. The minimum atomic E-state index is -1.11. The van der Waals surface area contributed by atoms with Gasteiger partial charge in [-0.2, -0.15) is 0 Å². The third-order valence-electron chi connectivity index (χ3n) is 7.23. The molecule has 9 heteroatoms. The molecule has 2 aromatic carbocycles. The fourth-order valence-corrected chi connectivity index (χ4v) is 5.17. The molecule has 0 saturated carbocycles. The Labute approximate surface area is 235 Å². The molecule has 0 bridgehead atoms. The number of carbonyl (C=O) groups excluding carboxylic acids is 2. The number of hydrogen-bond acceptors (Lipinski definition) is 7. The number of rotatable bonds is 8. The lowest BCUT2D eigenvalue weighted by molar-refractivity contribution is -0.138. The predicted molar refractivity (Wildman–Crippen MR) is 151 cm³/mol. The second-order valence-corrected chi connectivity index (χ2v) is 11.5. The van der Waals surface area contributed by atoms with E-state index in [2.05, 4.69) is 4.98 Å². The molecule has 2 atom stereocenters. The number of piperidine rings is 1. The highest BCUT2D eigenvalue weighted by molar-refractivity contribution is 5.82. The Morgan fingerprint density at radius 1 is 1.10 bits per heavy atom. The highest BCUT2D eigenvalue weighted by Crippen LogP contribution is 2.33. The van der Waals surface area contributed by atoms with Crippen molar-refractivity contribution in [1.82, 2.24) is 15.4 Å². The number of aliphatic hydroxyl groups is 1. The van der Waals surface area contributed by atoms with E-state index >= 15 is 0 Å². The van der Waals surface area contributed by atoms with Gasteiger partial charge in [-0.1, -0.05) is 30.3 Å². The van der Waals surface area contributed by atoms with Crippen LogP contribution in [0.4, 0.5) is 4.79 Å². The van der Waals surface area contributed by atoms with Crippen molar-refractivity contribution < 1.29 is 29.4 Å². The molecule has 2 unspecified atom stereocenters. The molecule has 40 heavy (non-hydrogen) atoms. The second kappa shape index (κ2) is 12.7. The summed E-state index contributed by atoms with van der Waals surface area (Å²) in [6.07, 6.45) is 0.276. The van der Waals surface area contributed by atoms with Gasteiger partial charge in [0.05, 0.1) is 17.5 Å². The largest absolute Gasteiger partial charge is 0.489 e. The van der Waals surface area contributed by atoms with Crippen molar-refractivity contribution in [1.29, 1.82) is 0 Å². The number of carbonyl (C=O) groups is 2. The number of hydrogen-bond donors (Lipinski definition) is 3. The Morgan fingerprint density at radius 2 is 1.77 bits per heavy atom. The fraction of sp³-hybridized carbons (Fsp3) is 0.452. The van der Waals surface area contributed by atoms with Crippen molar-refractivity contribution in [2.75, 3.05) is 13.1 Å². The molecular formula is C31H39N3O6. The van der Waals surface area contributed by atoms with Crippen LogP contribution in [-0.2, 0) is 16.1 Å². The van der Waals surface area contributed by atoms with Crippen LogP contribution >= 0.6 is 0 Å². The highest BCUT2D eigenvalue weighted by Gasteiger charge is 2.33. The number of hydroxylamine groups is 1. The maximum Gasteiger partial charge on any atom is 0.410 e. The number of benzene rings is 2. The van der Waals surface area contributed by atoms with Crippen molar-refractivity contribution in [3.63, 3.8) is 0 Å². The average Bonchev–Trinajstić information content (AvgIpc) is 2.93. The summed E-state index contributed by atoms with van der Waals surface area (Å²) in [5.41, 5.74) is 4.57. The van der Waals surface area contributed by atoms with Crippen LogP contribution in [0, 0.1) is 18.8 Å². The number of amides is 2. The van der Waals surface area contributed by atoms with E-state index in [9.17, 15) is 19.9 Å². The number of likely N-dealkylation sites (tertiary alicyclic amines) is 1. The Hall–Kier alpha value is -3.69. The Bertz CT molecular complexity index is 1310. The average molecular weight is 550 g/mol. The van der Waals surface area contributed by atoms with Gasteiger partial charge in [-0.3, -0.25) is 15.0 Å². The molecule has 214 valence electrons. The van der Waals surface area contributed by atoms with Crippen molar-refractivity contribution in [2.45, 2.75) is 65.3 Å². The van der Waals surface area contributed by atoms with Gasteiger partial charge in [0.25, 0.3) is 0 Å². The minimum absolute atomic E-state index is 0.108. The lowest BCUT2D eigenvalue weighted by atomic mass is 9.82. The van der Waals surface area contributed by atoms with Crippen molar-refractivity contribution in [2.24, 2.45) is 11.8 Å². The first kappa shape index (κ1) is 29.3. The molecule has 1 aliphatic heterocycles. The number of aryl methyl sites for hydroxylation is 1. The summed E-state index contributed by atoms with van der Waals surface area (Å²) in [5, 5.41) is 21.5. The SMILES string of the molecule is Cc1cc(COc2ccc(C(O)C(CC3CCN(C(=O)OC(C)(C)C)CC3)C(=O)NO)cc2)c2ccccc2n1. The third kappa shape index (κ3) is 7.49. The van der Waals surface area contributed by atoms with E-state index in [1.807, 2.05) is 58.0 Å². The topological polar surface area (TPSA) is 121 Å². The van der Waals surface area contributed by atoms with E-state index in [-0.39, 0.29) is 12.0 Å². The summed E-state index contributed by atoms with van der Waals surface area (Å²) >= 11 is 0. The van der Waals surface area contributed by atoms with E-state index in [4.69, 9.17) is 9.47 Å². The van der Waals surface area contributed by atoms with Crippen LogP contribution in [0.2, 0.25) is 0 Å². The number of fused-ring (bicyclic) bond motifs is 1. The molecule has 3 aromatic rings. The summed E-state index contributed by atoms with van der Waals surface area (Å²) < 4.78 is 11.5. The number of nitrogens with zero attached hydrogens (tertiary/aromatic N) is 2. The van der Waals surface area contributed by atoms with Crippen LogP contribution in [0.15, 0.2) is 54.6 Å². The molecule has 1 saturated heterocycles. The quantitative estimate of drug-likeness (QED) is 0.257. The van der Waals surface area contributed by atoms with Crippen LogP contribution < -0.4 is 10.2 Å². The van der Waals surface area contributed by atoms with Crippen LogP contribution in [0.25, 0.3) is 10.9 Å². The number of ether oxygens (including phenoxy) is 2. The van der Waals surface area contributed by atoms with Crippen LogP contribution in [-0.4, -0.2) is 50.9 Å². The van der Waals surface area contributed by atoms with Gasteiger partial charge in [0.2, 0.25) is 5.91 Å². The fourth-order valence-electron chi connectivity index (χ4n) is 5.17. The van der Waals surface area contributed by atoms with E-state index < -0.39 is 23.5 Å². The van der Waals surface area contributed by atoms with Gasteiger partial charge in [-0.25, -0.2) is 10.3 Å². The molecule has 0 radical (unpaired) electrons. The number of pyridine rings is 1. The predicted octanol–water partition coefficient (Wildman–Crippen LogP) is 5.31. The number of aliphatic hydroxyl groups excluding tert-OH is 1. The molecule has 0 spiro atoms. The smallest absolute Gasteiger partial charge is 0.410 e. The lowest BCUT2D eigenvalue weighted by Crippen LogP contribution is -2.42. The summed E-state index contributed by atoms with van der Waals surface area (Å²) in [6.45, 7) is 8.85. The maximum absolute atomic E-state index is 12.6. The van der Waals surface area contributed by atoms with Crippen molar-refractivity contribution in [3.8, 4) is 5.75 Å². The molecular weight excluding hydrogens is 510 g/mol. The molecule has 1 aromatic heterocycles. The first-order valence-corrected chi connectivity index (χ1v) is 13.7. The molecule has 2 heterocycles. The normalized spacial score (nSPS) is 15.9. The number of aromatic nitrogens is 1. The molecule has 0 aliphatic carbocycles. The molecule has 3 N–H and O–H groups in total. The van der Waals surface area contributed by atoms with Crippen molar-refractivity contribution >= 4 is 22.9 Å². The van der Waals surface area contributed by atoms with E-state index in [0.717, 1.165) is 22.2 Å². The van der Waals surface area contributed by atoms with Gasteiger partial charge in [-0.15, -0.1) is 0 Å². The van der Waals surface area contributed by atoms with Crippen LogP contribution in [0.3, 0.4) is 0 Å². The van der Waals surface area contributed by atoms with Gasteiger partial charge in [0, 0.05) is 29.7 Å². The number of para-hydroxylation sites is 1. The monoisotopic (exact) mass is 549 g/mol. The molecule has 1 fully saturated rings. The van der Waals surface area contributed by atoms with Crippen LogP contribution in [0.1, 0.15) is 63.0 Å². The van der Waals surface area contributed by atoms with E-state index in [0.29, 0.717) is 50.3 Å². The third-order valence-corrected chi connectivity index (χ3v) is 7.23. The molecule has 4 rings (SSSR count). The zero-order valence-electron chi connectivity index (χ0n) is 23.6. The van der Waals surface area contributed by atoms with E-state index in [1.165, 1.54) is 0 Å². The highest BCUT2D eigenvalue weighted by atomic mass is 16.6. The van der Waals surface area contributed by atoms with E-state index in [1.54, 1.807) is 34.6 Å². The van der Waals surface area contributed by atoms with Gasteiger partial charge in [0.15, 0.2) is 0 Å².